The number of rotatable bonds is 2. The number of allylic oxidation sites excluding steroid dienone is 1. The second-order valence-electron chi connectivity index (χ2n) is 8.22. The highest BCUT2D eigenvalue weighted by Crippen LogP contribution is 2.63. The summed E-state index contributed by atoms with van der Waals surface area (Å²) in [6.07, 6.45) is 8.22. The Morgan fingerprint density at radius 3 is 2.78 bits per heavy atom. The SMILES string of the molecule is C=C1CCC[C@@H]2[C@@](C)(C3C=C(C=O)CC(=O)O3)[C@H](C)CC[C@@]12C. The second kappa shape index (κ2) is 5.61. The molecule has 2 saturated carbocycles. The zero-order valence-electron chi connectivity index (χ0n) is 14.6. The van der Waals surface area contributed by atoms with E-state index in [2.05, 4.69) is 27.4 Å². The van der Waals surface area contributed by atoms with E-state index in [9.17, 15) is 9.59 Å². The number of fused-ring (bicyclic) bond motifs is 1. The van der Waals surface area contributed by atoms with Crippen LogP contribution in [0.15, 0.2) is 23.8 Å². The number of esters is 1. The van der Waals surface area contributed by atoms with Crippen molar-refractivity contribution in [2.45, 2.75) is 65.4 Å². The van der Waals surface area contributed by atoms with Gasteiger partial charge in [-0.1, -0.05) is 32.9 Å². The maximum atomic E-state index is 12.0. The Balaban J connectivity index is 2.04. The normalized spacial score (nSPS) is 44.1. The Morgan fingerprint density at radius 2 is 2.09 bits per heavy atom. The van der Waals surface area contributed by atoms with Crippen LogP contribution in [0.1, 0.15) is 59.3 Å². The molecule has 0 aromatic carbocycles. The molecule has 0 saturated heterocycles. The zero-order valence-corrected chi connectivity index (χ0v) is 14.6. The summed E-state index contributed by atoms with van der Waals surface area (Å²) < 4.78 is 5.76. The Bertz CT molecular complexity index is 575. The average molecular weight is 316 g/mol. The molecule has 1 unspecified atom stereocenters. The fraction of sp³-hybridized carbons (Fsp3) is 0.700. The van der Waals surface area contributed by atoms with Gasteiger partial charge in [0, 0.05) is 11.0 Å². The van der Waals surface area contributed by atoms with Crippen LogP contribution in [0.2, 0.25) is 0 Å². The van der Waals surface area contributed by atoms with E-state index in [0.29, 0.717) is 17.4 Å². The van der Waals surface area contributed by atoms with Crippen LogP contribution in [-0.4, -0.2) is 18.4 Å². The van der Waals surface area contributed by atoms with Crippen molar-refractivity contribution in [3.8, 4) is 0 Å². The Hall–Kier alpha value is -1.38. The summed E-state index contributed by atoms with van der Waals surface area (Å²) >= 11 is 0. The summed E-state index contributed by atoms with van der Waals surface area (Å²) in [6.45, 7) is 11.3. The zero-order chi connectivity index (χ0) is 16.8. The van der Waals surface area contributed by atoms with Gasteiger partial charge in [0.1, 0.15) is 12.4 Å². The van der Waals surface area contributed by atoms with Crippen molar-refractivity contribution in [1.29, 1.82) is 0 Å². The lowest BCUT2D eigenvalue weighted by Gasteiger charge is -2.60. The maximum Gasteiger partial charge on any atom is 0.310 e. The van der Waals surface area contributed by atoms with E-state index in [1.807, 2.05) is 6.08 Å². The minimum atomic E-state index is -0.297. The first kappa shape index (κ1) is 16.5. The Morgan fingerprint density at radius 1 is 1.35 bits per heavy atom. The molecule has 0 radical (unpaired) electrons. The summed E-state index contributed by atoms with van der Waals surface area (Å²) in [5, 5.41) is 0. The summed E-state index contributed by atoms with van der Waals surface area (Å²) in [5.74, 6) is 0.626. The van der Waals surface area contributed by atoms with Gasteiger partial charge >= 0.3 is 5.97 Å². The third-order valence-electron chi connectivity index (χ3n) is 7.19. The monoisotopic (exact) mass is 316 g/mol. The van der Waals surface area contributed by atoms with Crippen molar-refractivity contribution >= 4 is 12.3 Å². The molecule has 2 fully saturated rings. The van der Waals surface area contributed by atoms with Crippen molar-refractivity contribution < 1.29 is 14.3 Å². The molecule has 3 rings (SSSR count). The largest absolute Gasteiger partial charge is 0.457 e. The number of ether oxygens (including phenoxy) is 1. The fourth-order valence-corrected chi connectivity index (χ4v) is 5.39. The van der Waals surface area contributed by atoms with Crippen LogP contribution in [-0.2, 0) is 14.3 Å². The van der Waals surface area contributed by atoms with Crippen LogP contribution in [0.3, 0.4) is 0 Å². The number of hydrogen-bond donors (Lipinski definition) is 0. The van der Waals surface area contributed by atoms with E-state index in [0.717, 1.165) is 38.4 Å². The van der Waals surface area contributed by atoms with Crippen LogP contribution in [0.4, 0.5) is 0 Å². The molecule has 2 aliphatic carbocycles. The quantitative estimate of drug-likeness (QED) is 0.435. The van der Waals surface area contributed by atoms with E-state index in [4.69, 9.17) is 4.74 Å². The third-order valence-corrected chi connectivity index (χ3v) is 7.19. The Labute approximate surface area is 139 Å². The summed E-state index contributed by atoms with van der Waals surface area (Å²) in [5.41, 5.74) is 1.91. The van der Waals surface area contributed by atoms with Crippen LogP contribution in [0.5, 0.6) is 0 Å². The predicted octanol–water partition coefficient (Wildman–Crippen LogP) is 4.23. The van der Waals surface area contributed by atoms with Gasteiger partial charge in [-0.3, -0.25) is 9.59 Å². The van der Waals surface area contributed by atoms with Gasteiger partial charge in [-0.15, -0.1) is 0 Å². The molecule has 5 atom stereocenters. The molecule has 1 aliphatic heterocycles. The van der Waals surface area contributed by atoms with Gasteiger partial charge in [0.2, 0.25) is 0 Å². The summed E-state index contributed by atoms with van der Waals surface area (Å²) in [7, 11) is 0. The maximum absolute atomic E-state index is 12.0. The van der Waals surface area contributed by atoms with E-state index < -0.39 is 0 Å². The van der Waals surface area contributed by atoms with Crippen LogP contribution in [0.25, 0.3) is 0 Å². The van der Waals surface area contributed by atoms with E-state index in [1.54, 1.807) is 0 Å². The smallest absolute Gasteiger partial charge is 0.310 e. The standard InChI is InChI=1S/C20H28O3/c1-13-6-5-7-16-19(13,3)9-8-14(2)20(16,4)17-10-15(12-21)11-18(22)23-17/h10,12,14,16-17H,1,5-9,11H2,2-4H3/t14-,16+,17?,19+,20+/m1/s1. The van der Waals surface area contributed by atoms with Gasteiger partial charge in [0.05, 0.1) is 6.42 Å². The molecule has 1 heterocycles. The van der Waals surface area contributed by atoms with Gasteiger partial charge in [0.15, 0.2) is 0 Å². The van der Waals surface area contributed by atoms with Gasteiger partial charge in [0.25, 0.3) is 0 Å². The third kappa shape index (κ3) is 2.40. The van der Waals surface area contributed by atoms with Crippen molar-refractivity contribution in [3.63, 3.8) is 0 Å². The lowest BCUT2D eigenvalue weighted by Crippen LogP contribution is -2.56. The molecule has 126 valence electrons. The number of aldehydes is 1. The molecule has 23 heavy (non-hydrogen) atoms. The lowest BCUT2D eigenvalue weighted by atomic mass is 9.45. The predicted molar refractivity (Wildman–Crippen MR) is 89.7 cm³/mol. The molecule has 0 N–H and O–H groups in total. The molecule has 0 spiro atoms. The summed E-state index contributed by atoms with van der Waals surface area (Å²) in [6, 6.07) is 0. The molecular weight excluding hydrogens is 288 g/mol. The summed E-state index contributed by atoms with van der Waals surface area (Å²) in [4.78, 5) is 23.2. The van der Waals surface area contributed by atoms with Gasteiger partial charge in [-0.25, -0.2) is 0 Å². The topological polar surface area (TPSA) is 43.4 Å². The van der Waals surface area contributed by atoms with Crippen molar-refractivity contribution in [2.24, 2.45) is 22.7 Å². The van der Waals surface area contributed by atoms with E-state index >= 15 is 0 Å². The minimum absolute atomic E-state index is 0.110. The molecule has 0 amide bonds. The second-order valence-corrected chi connectivity index (χ2v) is 8.22. The van der Waals surface area contributed by atoms with Gasteiger partial charge in [-0.05, 0) is 55.4 Å². The Kier molecular flexibility index (Phi) is 4.02. The molecule has 3 nitrogen and oxygen atoms in total. The molecule has 0 aromatic rings. The molecule has 0 bridgehead atoms. The first-order chi connectivity index (χ1) is 10.8. The van der Waals surface area contributed by atoms with Crippen LogP contribution >= 0.6 is 0 Å². The number of hydrogen-bond acceptors (Lipinski definition) is 3. The highest BCUT2D eigenvalue weighted by molar-refractivity contribution is 5.86. The highest BCUT2D eigenvalue weighted by atomic mass is 16.5. The van der Waals surface area contributed by atoms with Crippen molar-refractivity contribution in [1.82, 2.24) is 0 Å². The van der Waals surface area contributed by atoms with Crippen molar-refractivity contribution in [2.75, 3.05) is 0 Å². The van der Waals surface area contributed by atoms with Gasteiger partial charge in [-0.2, -0.15) is 0 Å². The fourth-order valence-electron chi connectivity index (χ4n) is 5.39. The first-order valence-electron chi connectivity index (χ1n) is 8.86. The molecular formula is C20H28O3. The number of carbonyl (C=O) groups is 2. The van der Waals surface area contributed by atoms with Crippen molar-refractivity contribution in [3.05, 3.63) is 23.8 Å². The average Bonchev–Trinajstić information content (AvgIpc) is 2.53. The highest BCUT2D eigenvalue weighted by Gasteiger charge is 2.58. The van der Waals surface area contributed by atoms with Gasteiger partial charge < -0.3 is 4.74 Å². The molecule has 3 heteroatoms. The number of cyclic esters (lactones) is 1. The van der Waals surface area contributed by atoms with E-state index in [-0.39, 0.29) is 29.3 Å². The minimum Gasteiger partial charge on any atom is -0.457 e. The van der Waals surface area contributed by atoms with Crippen LogP contribution < -0.4 is 0 Å². The van der Waals surface area contributed by atoms with E-state index in [1.165, 1.54) is 5.57 Å². The molecule has 3 aliphatic rings. The lowest BCUT2D eigenvalue weighted by molar-refractivity contribution is -0.169. The molecule has 0 aromatic heterocycles. The number of carbonyl (C=O) groups excluding carboxylic acids is 2. The first-order valence-corrected chi connectivity index (χ1v) is 8.86. The van der Waals surface area contributed by atoms with Crippen LogP contribution in [0, 0.1) is 22.7 Å².